The van der Waals surface area contributed by atoms with Crippen molar-refractivity contribution in [1.82, 2.24) is 4.90 Å². The molecule has 1 saturated carbocycles. The fourth-order valence-corrected chi connectivity index (χ4v) is 3.11. The van der Waals surface area contributed by atoms with Gasteiger partial charge in [0.2, 0.25) is 5.91 Å². The highest BCUT2D eigenvalue weighted by Crippen LogP contribution is 2.23. The maximum absolute atomic E-state index is 12.1. The second-order valence-corrected chi connectivity index (χ2v) is 5.71. The summed E-state index contributed by atoms with van der Waals surface area (Å²) in [6.45, 7) is 0. The van der Waals surface area contributed by atoms with Crippen LogP contribution in [0.2, 0.25) is 0 Å². The topological polar surface area (TPSA) is 40.5 Å². The smallest absolute Gasteiger partial charge is 0.227 e. The lowest BCUT2D eigenvalue weighted by molar-refractivity contribution is -0.134. The maximum Gasteiger partial charge on any atom is 0.227 e. The number of aliphatic hydroxyl groups is 1. The number of carbonyl (C=O) groups is 1. The second kappa shape index (κ2) is 5.65. The van der Waals surface area contributed by atoms with Crippen LogP contribution in [0.15, 0.2) is 17.5 Å². The molecule has 0 radical (unpaired) electrons. The molecule has 1 heterocycles. The fourth-order valence-electron chi connectivity index (χ4n) is 2.42. The Balaban J connectivity index is 1.94. The monoisotopic (exact) mass is 253 g/mol. The van der Waals surface area contributed by atoms with Gasteiger partial charge in [-0.25, -0.2) is 0 Å². The van der Waals surface area contributed by atoms with Crippen LogP contribution < -0.4 is 0 Å². The third-order valence-electron chi connectivity index (χ3n) is 3.49. The number of hydrogen-bond acceptors (Lipinski definition) is 3. The third-order valence-corrected chi connectivity index (χ3v) is 4.37. The lowest BCUT2D eigenvalue weighted by atomic mass is 9.91. The van der Waals surface area contributed by atoms with E-state index >= 15 is 0 Å². The second-order valence-electron chi connectivity index (χ2n) is 4.68. The molecule has 94 valence electrons. The van der Waals surface area contributed by atoms with E-state index in [9.17, 15) is 9.90 Å². The minimum absolute atomic E-state index is 0.0104. The highest BCUT2D eigenvalue weighted by Gasteiger charge is 2.29. The van der Waals surface area contributed by atoms with Crippen LogP contribution in [-0.2, 0) is 11.2 Å². The summed E-state index contributed by atoms with van der Waals surface area (Å²) < 4.78 is 0. The van der Waals surface area contributed by atoms with E-state index in [0.29, 0.717) is 6.42 Å². The average molecular weight is 253 g/mol. The van der Waals surface area contributed by atoms with Crippen molar-refractivity contribution in [1.29, 1.82) is 0 Å². The van der Waals surface area contributed by atoms with Gasteiger partial charge in [0.1, 0.15) is 0 Å². The molecular weight excluding hydrogens is 234 g/mol. The molecule has 1 aromatic rings. The number of likely N-dealkylation sites (N-methyl/N-ethyl adjacent to an activating group) is 1. The first-order chi connectivity index (χ1) is 8.18. The maximum atomic E-state index is 12.1. The molecule has 1 aromatic heterocycles. The van der Waals surface area contributed by atoms with Crippen molar-refractivity contribution in [3.63, 3.8) is 0 Å². The standard InChI is InChI=1S/C13H19NO2S/c1-14(11-6-2-3-7-12(11)15)13(16)9-10-5-4-8-17-10/h4-5,8,11-12,15H,2-3,6-7,9H2,1H3/t11-,12-/m0/s1. The molecule has 0 bridgehead atoms. The first kappa shape index (κ1) is 12.6. The van der Waals surface area contributed by atoms with E-state index < -0.39 is 0 Å². The Morgan fingerprint density at radius 2 is 2.29 bits per heavy atom. The highest BCUT2D eigenvalue weighted by molar-refractivity contribution is 7.10. The molecule has 0 unspecified atom stereocenters. The van der Waals surface area contributed by atoms with Gasteiger partial charge < -0.3 is 10.0 Å². The van der Waals surface area contributed by atoms with Crippen LogP contribution in [0.25, 0.3) is 0 Å². The van der Waals surface area contributed by atoms with Crippen LogP contribution in [-0.4, -0.2) is 35.1 Å². The van der Waals surface area contributed by atoms with Gasteiger partial charge in [-0.1, -0.05) is 18.9 Å². The first-order valence-corrected chi connectivity index (χ1v) is 7.02. The summed E-state index contributed by atoms with van der Waals surface area (Å²) in [5, 5.41) is 11.9. The van der Waals surface area contributed by atoms with Crippen molar-refractivity contribution in [2.24, 2.45) is 0 Å². The Kier molecular flexibility index (Phi) is 4.18. The summed E-state index contributed by atoms with van der Waals surface area (Å²) >= 11 is 1.61. The highest BCUT2D eigenvalue weighted by atomic mass is 32.1. The summed E-state index contributed by atoms with van der Waals surface area (Å²) in [5.41, 5.74) is 0. The van der Waals surface area contributed by atoms with Gasteiger partial charge in [0.05, 0.1) is 18.6 Å². The number of thiophene rings is 1. The summed E-state index contributed by atoms with van der Waals surface area (Å²) in [5.74, 6) is 0.110. The summed E-state index contributed by atoms with van der Waals surface area (Å²) in [6, 6.07) is 3.95. The van der Waals surface area contributed by atoms with E-state index in [0.717, 1.165) is 30.6 Å². The summed E-state index contributed by atoms with van der Waals surface area (Å²) in [6.07, 6.45) is 4.04. The zero-order chi connectivity index (χ0) is 12.3. The molecule has 2 rings (SSSR count). The normalized spacial score (nSPS) is 24.6. The molecular formula is C13H19NO2S. The average Bonchev–Trinajstić information content (AvgIpc) is 2.81. The van der Waals surface area contributed by atoms with Crippen LogP contribution >= 0.6 is 11.3 Å². The fraction of sp³-hybridized carbons (Fsp3) is 0.615. The number of aliphatic hydroxyl groups excluding tert-OH is 1. The minimum Gasteiger partial charge on any atom is -0.391 e. The summed E-state index contributed by atoms with van der Waals surface area (Å²) in [7, 11) is 1.81. The SMILES string of the molecule is CN(C(=O)Cc1cccs1)[C@H]1CCCC[C@@H]1O. The van der Waals surface area contributed by atoms with Gasteiger partial charge in [0, 0.05) is 11.9 Å². The Bertz CT molecular complexity index is 364. The van der Waals surface area contributed by atoms with Crippen LogP contribution in [0, 0.1) is 0 Å². The lowest BCUT2D eigenvalue weighted by Gasteiger charge is -2.35. The number of nitrogens with zero attached hydrogens (tertiary/aromatic N) is 1. The molecule has 2 atom stereocenters. The van der Waals surface area contributed by atoms with Gasteiger partial charge in [0.15, 0.2) is 0 Å². The van der Waals surface area contributed by atoms with Crippen molar-refractivity contribution >= 4 is 17.2 Å². The predicted octanol–water partition coefficient (Wildman–Crippen LogP) is 2.05. The van der Waals surface area contributed by atoms with Gasteiger partial charge in [-0.2, -0.15) is 0 Å². The molecule has 4 heteroatoms. The van der Waals surface area contributed by atoms with Gasteiger partial charge >= 0.3 is 0 Å². The van der Waals surface area contributed by atoms with Crippen LogP contribution in [0.5, 0.6) is 0 Å². The Hall–Kier alpha value is -0.870. The third kappa shape index (κ3) is 3.07. The van der Waals surface area contributed by atoms with Gasteiger partial charge in [-0.05, 0) is 24.3 Å². The predicted molar refractivity (Wildman–Crippen MR) is 69.1 cm³/mol. The zero-order valence-corrected chi connectivity index (χ0v) is 10.9. The van der Waals surface area contributed by atoms with Crippen LogP contribution in [0.1, 0.15) is 30.6 Å². The summed E-state index contributed by atoms with van der Waals surface area (Å²) in [4.78, 5) is 14.9. The van der Waals surface area contributed by atoms with E-state index in [1.807, 2.05) is 24.6 Å². The van der Waals surface area contributed by atoms with E-state index in [-0.39, 0.29) is 18.1 Å². The molecule has 3 nitrogen and oxygen atoms in total. The van der Waals surface area contributed by atoms with Crippen molar-refractivity contribution in [2.75, 3.05) is 7.05 Å². The van der Waals surface area contributed by atoms with E-state index in [1.54, 1.807) is 16.2 Å². The number of amides is 1. The molecule has 17 heavy (non-hydrogen) atoms. The molecule has 1 amide bonds. The largest absolute Gasteiger partial charge is 0.391 e. The molecule has 1 N–H and O–H groups in total. The Morgan fingerprint density at radius 3 is 2.94 bits per heavy atom. The van der Waals surface area contributed by atoms with Crippen molar-refractivity contribution in [3.8, 4) is 0 Å². The molecule has 1 aliphatic rings. The van der Waals surface area contributed by atoms with E-state index in [4.69, 9.17) is 0 Å². The molecule has 1 fully saturated rings. The van der Waals surface area contributed by atoms with Crippen molar-refractivity contribution < 1.29 is 9.90 Å². The van der Waals surface area contributed by atoms with Gasteiger partial charge in [-0.15, -0.1) is 11.3 Å². The lowest BCUT2D eigenvalue weighted by Crippen LogP contribution is -2.46. The van der Waals surface area contributed by atoms with E-state index in [1.165, 1.54) is 0 Å². The molecule has 1 aliphatic carbocycles. The number of hydrogen-bond donors (Lipinski definition) is 1. The van der Waals surface area contributed by atoms with Crippen molar-refractivity contribution in [2.45, 2.75) is 44.2 Å². The van der Waals surface area contributed by atoms with Crippen LogP contribution in [0.3, 0.4) is 0 Å². The molecule has 0 spiro atoms. The molecule has 0 saturated heterocycles. The molecule has 0 aliphatic heterocycles. The number of rotatable bonds is 3. The quantitative estimate of drug-likeness (QED) is 0.895. The van der Waals surface area contributed by atoms with Gasteiger partial charge in [0.25, 0.3) is 0 Å². The first-order valence-electron chi connectivity index (χ1n) is 6.14. The minimum atomic E-state index is -0.346. The number of carbonyl (C=O) groups excluding carboxylic acids is 1. The van der Waals surface area contributed by atoms with Crippen molar-refractivity contribution in [3.05, 3.63) is 22.4 Å². The zero-order valence-electron chi connectivity index (χ0n) is 10.1. The Morgan fingerprint density at radius 1 is 1.53 bits per heavy atom. The van der Waals surface area contributed by atoms with E-state index in [2.05, 4.69) is 0 Å². The van der Waals surface area contributed by atoms with Crippen LogP contribution in [0.4, 0.5) is 0 Å². The Labute approximate surface area is 106 Å². The molecule has 0 aromatic carbocycles. The van der Waals surface area contributed by atoms with Gasteiger partial charge in [-0.3, -0.25) is 4.79 Å².